The fourth-order valence-corrected chi connectivity index (χ4v) is 6.43. The van der Waals surface area contributed by atoms with E-state index in [1.807, 2.05) is 13.0 Å². The Morgan fingerprint density at radius 2 is 1.94 bits per heavy atom. The maximum Gasteiger partial charge on any atom is 0.165 e. The highest BCUT2D eigenvalue weighted by Gasteiger charge is 2.71. The van der Waals surface area contributed by atoms with E-state index in [1.165, 1.54) is 18.6 Å². The third-order valence-corrected chi connectivity index (χ3v) is 9.01. The Kier molecular flexibility index (Phi) is 4.60. The molecule has 3 saturated carbocycles. The molecule has 0 aromatic heterocycles. The Bertz CT molecular complexity index is 926. The van der Waals surface area contributed by atoms with Gasteiger partial charge < -0.3 is 19.7 Å². The lowest BCUT2D eigenvalue weighted by Crippen LogP contribution is -2.70. The monoisotopic (exact) mass is 427 g/mol. The standard InChI is InChI=1S/C26H37NO4/c1-14-7-10-19(28)22-20(14)26-12-18(27-13-15-8-9-15)16(26)11-17(21(30-6)23(26)31-22)25(5,29)24(2,3)4/h7,10,15-17,21,23,28-29H,8-9,11-13H2,1-6H3/b27-18+/t16?,17?,21?,23-,25?,26-/m0/s1. The van der Waals surface area contributed by atoms with Crippen LogP contribution >= 0.6 is 0 Å². The fraction of sp³-hybridized carbons (Fsp3) is 0.731. The van der Waals surface area contributed by atoms with Gasteiger partial charge in [-0.05, 0) is 62.5 Å². The van der Waals surface area contributed by atoms with Crippen LogP contribution in [0.3, 0.4) is 0 Å². The van der Waals surface area contributed by atoms with Crippen LogP contribution in [-0.4, -0.2) is 47.4 Å². The van der Waals surface area contributed by atoms with E-state index in [1.54, 1.807) is 13.2 Å². The van der Waals surface area contributed by atoms with Crippen LogP contribution in [0, 0.1) is 30.1 Å². The molecule has 6 atom stereocenters. The summed E-state index contributed by atoms with van der Waals surface area (Å²) in [6.07, 6.45) is 3.76. The minimum absolute atomic E-state index is 0.0937. The van der Waals surface area contributed by atoms with Crippen LogP contribution in [0.1, 0.15) is 64.5 Å². The molecule has 5 heteroatoms. The van der Waals surface area contributed by atoms with Crippen LogP contribution in [0.5, 0.6) is 11.5 Å². The zero-order chi connectivity index (χ0) is 22.3. The minimum atomic E-state index is -0.938. The van der Waals surface area contributed by atoms with Crippen molar-refractivity contribution in [3.05, 3.63) is 23.3 Å². The molecule has 1 aromatic carbocycles. The molecule has 31 heavy (non-hydrogen) atoms. The summed E-state index contributed by atoms with van der Waals surface area (Å²) in [6, 6.07) is 3.72. The summed E-state index contributed by atoms with van der Waals surface area (Å²) in [5, 5.41) is 22.4. The van der Waals surface area contributed by atoms with Gasteiger partial charge in [0.2, 0.25) is 0 Å². The third-order valence-electron chi connectivity index (χ3n) is 9.01. The first-order valence-electron chi connectivity index (χ1n) is 11.8. The minimum Gasteiger partial charge on any atom is -0.504 e. The Morgan fingerprint density at radius 3 is 2.55 bits per heavy atom. The molecule has 5 nitrogen and oxygen atoms in total. The Hall–Kier alpha value is -1.59. The van der Waals surface area contributed by atoms with Crippen molar-refractivity contribution in [1.82, 2.24) is 0 Å². The van der Waals surface area contributed by atoms with Crippen molar-refractivity contribution in [2.24, 2.45) is 28.2 Å². The van der Waals surface area contributed by atoms with Gasteiger partial charge in [0.15, 0.2) is 11.5 Å². The first-order chi connectivity index (χ1) is 14.5. The maximum atomic E-state index is 11.7. The maximum absolute atomic E-state index is 11.7. The molecule has 3 fully saturated rings. The number of fused-ring (bicyclic) bond motifs is 1. The molecule has 0 amide bonds. The third kappa shape index (κ3) is 2.85. The van der Waals surface area contributed by atoms with Gasteiger partial charge in [0.25, 0.3) is 0 Å². The second kappa shape index (κ2) is 6.71. The number of phenolic OH excluding ortho intramolecular Hbond substituents is 1. The fourth-order valence-electron chi connectivity index (χ4n) is 6.43. The van der Waals surface area contributed by atoms with E-state index in [0.29, 0.717) is 5.75 Å². The predicted molar refractivity (Wildman–Crippen MR) is 121 cm³/mol. The van der Waals surface area contributed by atoms with Crippen molar-refractivity contribution in [1.29, 1.82) is 0 Å². The van der Waals surface area contributed by atoms with Crippen LogP contribution in [0.4, 0.5) is 0 Å². The van der Waals surface area contributed by atoms with Gasteiger partial charge in [-0.2, -0.15) is 0 Å². The van der Waals surface area contributed by atoms with Crippen LogP contribution in [0.25, 0.3) is 0 Å². The van der Waals surface area contributed by atoms with Gasteiger partial charge >= 0.3 is 0 Å². The average Bonchev–Trinajstić information content (AvgIpc) is 3.43. The van der Waals surface area contributed by atoms with E-state index < -0.39 is 5.60 Å². The number of aryl methyl sites for hydroxylation is 1. The number of hydrogen-bond donors (Lipinski definition) is 2. The second-order valence-electron chi connectivity index (χ2n) is 11.6. The molecule has 5 rings (SSSR count). The normalized spacial score (nSPS) is 37.3. The van der Waals surface area contributed by atoms with E-state index in [4.69, 9.17) is 14.5 Å². The van der Waals surface area contributed by atoms with Gasteiger partial charge in [0, 0.05) is 36.8 Å². The molecule has 170 valence electrons. The summed E-state index contributed by atoms with van der Waals surface area (Å²) in [5.41, 5.74) is 2.06. The number of aliphatic imine (C=N–C) groups is 1. The van der Waals surface area contributed by atoms with Crippen molar-refractivity contribution in [3.8, 4) is 11.5 Å². The summed E-state index contributed by atoms with van der Waals surface area (Å²) >= 11 is 0. The highest BCUT2D eigenvalue weighted by molar-refractivity contribution is 5.98. The topological polar surface area (TPSA) is 71.3 Å². The zero-order valence-electron chi connectivity index (χ0n) is 19.7. The number of rotatable bonds is 4. The van der Waals surface area contributed by atoms with E-state index in [-0.39, 0.29) is 40.6 Å². The van der Waals surface area contributed by atoms with Crippen molar-refractivity contribution in [2.45, 2.75) is 83.5 Å². The quantitative estimate of drug-likeness (QED) is 0.747. The number of methoxy groups -OCH3 is 1. The van der Waals surface area contributed by atoms with Crippen LogP contribution in [0.15, 0.2) is 17.1 Å². The summed E-state index contributed by atoms with van der Waals surface area (Å²) in [6.45, 7) is 11.2. The molecular weight excluding hydrogens is 390 g/mol. The van der Waals surface area contributed by atoms with Gasteiger partial charge in [-0.15, -0.1) is 0 Å². The van der Waals surface area contributed by atoms with E-state index in [2.05, 4.69) is 27.7 Å². The molecule has 3 aliphatic carbocycles. The molecule has 0 saturated heterocycles. The molecule has 2 N–H and O–H groups in total. The smallest absolute Gasteiger partial charge is 0.165 e. The summed E-state index contributed by atoms with van der Waals surface area (Å²) in [7, 11) is 1.73. The lowest BCUT2D eigenvalue weighted by atomic mass is 9.44. The number of nitrogens with zero attached hydrogens (tertiary/aromatic N) is 1. The number of aliphatic hydroxyl groups is 1. The Balaban J connectivity index is 1.62. The number of aromatic hydroxyl groups is 1. The Labute approximate surface area is 185 Å². The molecule has 1 heterocycles. The summed E-state index contributed by atoms with van der Waals surface area (Å²) < 4.78 is 12.6. The van der Waals surface area contributed by atoms with Crippen molar-refractivity contribution < 1.29 is 19.7 Å². The van der Waals surface area contributed by atoms with Crippen LogP contribution in [0.2, 0.25) is 0 Å². The van der Waals surface area contributed by atoms with Gasteiger partial charge in [-0.3, -0.25) is 4.99 Å². The highest BCUT2D eigenvalue weighted by atomic mass is 16.5. The largest absolute Gasteiger partial charge is 0.504 e. The SMILES string of the molecule is COC1C(C(C)(O)C(C)(C)C)CC2/C(=N/CC3CC3)C[C@@]23c2c(C)ccc(O)c2O[C@@H]13. The molecular formula is C26H37NO4. The van der Waals surface area contributed by atoms with Crippen molar-refractivity contribution in [3.63, 3.8) is 0 Å². The van der Waals surface area contributed by atoms with E-state index in [9.17, 15) is 10.2 Å². The van der Waals surface area contributed by atoms with Crippen LogP contribution < -0.4 is 4.74 Å². The number of hydrogen-bond acceptors (Lipinski definition) is 5. The number of phenols is 1. The molecule has 0 bridgehead atoms. The predicted octanol–water partition coefficient (Wildman–Crippen LogP) is 4.40. The Morgan fingerprint density at radius 1 is 1.23 bits per heavy atom. The molecule has 1 aromatic rings. The first kappa shape index (κ1) is 21.3. The average molecular weight is 428 g/mol. The van der Waals surface area contributed by atoms with Gasteiger partial charge in [-0.25, -0.2) is 0 Å². The van der Waals surface area contributed by atoms with E-state index in [0.717, 1.165) is 36.4 Å². The second-order valence-corrected chi connectivity index (χ2v) is 11.6. The number of ether oxygens (including phenoxy) is 2. The van der Waals surface area contributed by atoms with Crippen LogP contribution in [-0.2, 0) is 10.2 Å². The first-order valence-corrected chi connectivity index (χ1v) is 11.8. The lowest BCUT2D eigenvalue weighted by molar-refractivity contribution is -0.189. The van der Waals surface area contributed by atoms with E-state index >= 15 is 0 Å². The van der Waals surface area contributed by atoms with Gasteiger partial charge in [-0.1, -0.05) is 26.8 Å². The summed E-state index contributed by atoms with van der Waals surface area (Å²) in [4.78, 5) is 5.06. The molecule has 4 aliphatic rings. The molecule has 1 aliphatic heterocycles. The zero-order valence-corrected chi connectivity index (χ0v) is 19.7. The summed E-state index contributed by atoms with van der Waals surface area (Å²) in [5.74, 6) is 1.67. The number of benzene rings is 1. The molecule has 1 spiro atoms. The molecule has 0 radical (unpaired) electrons. The van der Waals surface area contributed by atoms with Crippen molar-refractivity contribution in [2.75, 3.05) is 13.7 Å². The van der Waals surface area contributed by atoms with Crippen molar-refractivity contribution >= 4 is 5.71 Å². The van der Waals surface area contributed by atoms with Gasteiger partial charge in [0.05, 0.1) is 11.0 Å². The lowest BCUT2D eigenvalue weighted by Gasteiger charge is -2.61. The highest BCUT2D eigenvalue weighted by Crippen LogP contribution is 2.66. The van der Waals surface area contributed by atoms with Gasteiger partial charge in [0.1, 0.15) is 12.2 Å². The molecule has 4 unspecified atom stereocenters.